The maximum absolute atomic E-state index is 12.8. The Morgan fingerprint density at radius 3 is 2.74 bits per heavy atom. The zero-order chi connectivity index (χ0) is 23.9. The van der Waals surface area contributed by atoms with E-state index in [-0.39, 0.29) is 5.92 Å². The number of aliphatic carboxylic acids is 1. The lowest BCUT2D eigenvalue weighted by atomic mass is 9.88. The van der Waals surface area contributed by atoms with Gasteiger partial charge in [0.25, 0.3) is 0 Å². The highest BCUT2D eigenvalue weighted by molar-refractivity contribution is 5.81. The third-order valence-corrected chi connectivity index (χ3v) is 7.08. The Hall–Kier alpha value is -2.93. The van der Waals surface area contributed by atoms with Gasteiger partial charge in [-0.05, 0) is 75.7 Å². The number of para-hydroxylation sites is 1. The molecule has 1 atom stereocenters. The predicted octanol–water partition coefficient (Wildman–Crippen LogP) is 4.27. The van der Waals surface area contributed by atoms with E-state index in [9.17, 15) is 14.7 Å². The molecule has 0 radical (unpaired) electrons. The van der Waals surface area contributed by atoms with Crippen LogP contribution in [0.4, 0.5) is 5.82 Å². The second kappa shape index (κ2) is 11.5. The molecule has 0 saturated carbocycles. The topological polar surface area (TPSA) is 91.8 Å². The van der Waals surface area contributed by atoms with E-state index >= 15 is 0 Å². The number of unbranched alkanes of at least 4 members (excludes halogenated alkanes) is 1. The fourth-order valence-corrected chi connectivity index (χ4v) is 5.18. The van der Waals surface area contributed by atoms with Crippen LogP contribution in [0.25, 0.3) is 0 Å². The van der Waals surface area contributed by atoms with E-state index in [1.807, 2.05) is 23.1 Å². The molecule has 0 amide bonds. The van der Waals surface area contributed by atoms with Crippen molar-refractivity contribution in [1.82, 2.24) is 9.88 Å². The summed E-state index contributed by atoms with van der Waals surface area (Å²) in [6, 6.07) is 10.8. The Labute approximate surface area is 201 Å². The molecule has 2 aromatic rings. The Bertz CT molecular complexity index is 1000. The van der Waals surface area contributed by atoms with Crippen LogP contribution in [0.5, 0.6) is 5.75 Å². The smallest absolute Gasteiger partial charge is 0.325 e. The molecule has 0 aliphatic carbocycles. The van der Waals surface area contributed by atoms with Crippen molar-refractivity contribution in [1.29, 1.82) is 0 Å². The molecule has 1 unspecified atom stereocenters. The van der Waals surface area contributed by atoms with Gasteiger partial charge in [0.1, 0.15) is 23.4 Å². The Morgan fingerprint density at radius 1 is 1.18 bits per heavy atom. The van der Waals surface area contributed by atoms with Crippen molar-refractivity contribution in [2.45, 2.75) is 57.4 Å². The highest BCUT2D eigenvalue weighted by atomic mass is 16.5. The number of carbonyl (C=O) groups excluding carboxylic acids is 1. The van der Waals surface area contributed by atoms with Gasteiger partial charge in [0.2, 0.25) is 0 Å². The number of piperidine rings is 1. The lowest BCUT2D eigenvalue weighted by Gasteiger charge is -2.35. The summed E-state index contributed by atoms with van der Waals surface area (Å²) in [6.07, 6.45) is 6.95. The molecule has 182 valence electrons. The van der Waals surface area contributed by atoms with Crippen LogP contribution in [0.3, 0.4) is 0 Å². The van der Waals surface area contributed by atoms with Gasteiger partial charge in [-0.15, -0.1) is 0 Å². The van der Waals surface area contributed by atoms with E-state index in [4.69, 9.17) is 9.72 Å². The number of carboxylic acids is 1. The van der Waals surface area contributed by atoms with E-state index in [1.54, 1.807) is 13.2 Å². The van der Waals surface area contributed by atoms with E-state index in [0.29, 0.717) is 49.4 Å². The first kappa shape index (κ1) is 24.2. The number of rotatable bonds is 10. The van der Waals surface area contributed by atoms with Gasteiger partial charge < -0.3 is 15.2 Å². The molecule has 1 fully saturated rings. The van der Waals surface area contributed by atoms with Gasteiger partial charge >= 0.3 is 5.97 Å². The van der Waals surface area contributed by atoms with Crippen LogP contribution < -0.4 is 10.1 Å². The average Bonchev–Trinajstić information content (AvgIpc) is 2.87. The fourth-order valence-electron chi connectivity index (χ4n) is 5.18. The number of likely N-dealkylation sites (tertiary alicyclic amines) is 1. The minimum atomic E-state index is -0.889. The maximum Gasteiger partial charge on any atom is 0.325 e. The van der Waals surface area contributed by atoms with Crippen LogP contribution in [-0.4, -0.2) is 53.5 Å². The molecular formula is C27H35N3O4. The van der Waals surface area contributed by atoms with E-state index in [2.05, 4.69) is 17.4 Å². The number of aromatic nitrogens is 1. The standard InChI is InChI=1S/C27H35N3O4/c1-34-24-11-5-3-9-22(24)25(27(32)33)30-17-14-19(15-18-30)23(31)10-4-2-8-21-13-12-20-7-6-16-28-26(20)29-21/h3,5,9,11-13,19,25H,2,4,6-8,10,14-18H2,1H3,(H,28,29)(H,32,33). The van der Waals surface area contributed by atoms with Crippen molar-refractivity contribution in [2.24, 2.45) is 5.92 Å². The van der Waals surface area contributed by atoms with Crippen molar-refractivity contribution in [3.63, 3.8) is 0 Å². The molecule has 34 heavy (non-hydrogen) atoms. The third kappa shape index (κ3) is 5.76. The highest BCUT2D eigenvalue weighted by Gasteiger charge is 2.34. The SMILES string of the molecule is COc1ccccc1C(C(=O)O)N1CCC(C(=O)CCCCc2ccc3c(n2)NCCC3)CC1. The summed E-state index contributed by atoms with van der Waals surface area (Å²) in [4.78, 5) is 31.6. The minimum absolute atomic E-state index is 0.0226. The highest BCUT2D eigenvalue weighted by Crippen LogP contribution is 2.33. The number of pyridine rings is 1. The second-order valence-corrected chi connectivity index (χ2v) is 9.31. The van der Waals surface area contributed by atoms with Crippen LogP contribution in [0.1, 0.15) is 61.4 Å². The van der Waals surface area contributed by atoms with Gasteiger partial charge in [-0.1, -0.05) is 24.3 Å². The summed E-state index contributed by atoms with van der Waals surface area (Å²) >= 11 is 0. The number of hydrogen-bond donors (Lipinski definition) is 2. The van der Waals surface area contributed by atoms with E-state index in [0.717, 1.165) is 50.2 Å². The van der Waals surface area contributed by atoms with Crippen molar-refractivity contribution < 1.29 is 19.4 Å². The normalized spacial score (nSPS) is 17.4. The Morgan fingerprint density at radius 2 is 1.97 bits per heavy atom. The molecular weight excluding hydrogens is 430 g/mol. The van der Waals surface area contributed by atoms with Crippen molar-refractivity contribution in [3.05, 3.63) is 53.2 Å². The molecule has 2 N–H and O–H groups in total. The van der Waals surface area contributed by atoms with E-state index in [1.165, 1.54) is 5.56 Å². The summed E-state index contributed by atoms with van der Waals surface area (Å²) in [5, 5.41) is 13.3. The second-order valence-electron chi connectivity index (χ2n) is 9.31. The maximum atomic E-state index is 12.8. The molecule has 3 heterocycles. The monoisotopic (exact) mass is 465 g/mol. The first-order valence-corrected chi connectivity index (χ1v) is 12.4. The molecule has 2 aliphatic heterocycles. The minimum Gasteiger partial charge on any atom is -0.496 e. The zero-order valence-corrected chi connectivity index (χ0v) is 20.0. The number of Topliss-reactive ketones (excluding diaryl/α,β-unsaturated/α-hetero) is 1. The molecule has 1 aromatic carbocycles. The number of anilines is 1. The summed E-state index contributed by atoms with van der Waals surface area (Å²) in [5.74, 6) is 1.05. The molecule has 4 rings (SSSR count). The molecule has 2 aliphatic rings. The number of fused-ring (bicyclic) bond motifs is 1. The predicted molar refractivity (Wildman–Crippen MR) is 131 cm³/mol. The van der Waals surface area contributed by atoms with Crippen molar-refractivity contribution in [3.8, 4) is 5.75 Å². The molecule has 7 heteroatoms. The first-order valence-electron chi connectivity index (χ1n) is 12.4. The number of ether oxygens (including phenoxy) is 1. The Kier molecular flexibility index (Phi) is 8.16. The largest absolute Gasteiger partial charge is 0.496 e. The van der Waals surface area contributed by atoms with Gasteiger partial charge in [0, 0.05) is 30.1 Å². The number of carbonyl (C=O) groups is 2. The van der Waals surface area contributed by atoms with Crippen LogP contribution >= 0.6 is 0 Å². The van der Waals surface area contributed by atoms with E-state index < -0.39 is 12.0 Å². The lowest BCUT2D eigenvalue weighted by Crippen LogP contribution is -2.41. The van der Waals surface area contributed by atoms with Crippen LogP contribution in [0.2, 0.25) is 0 Å². The quantitative estimate of drug-likeness (QED) is 0.506. The fraction of sp³-hybridized carbons (Fsp3) is 0.519. The molecule has 0 spiro atoms. The van der Waals surface area contributed by atoms with Gasteiger partial charge in [-0.3, -0.25) is 14.5 Å². The summed E-state index contributed by atoms with van der Waals surface area (Å²) in [7, 11) is 1.56. The van der Waals surface area contributed by atoms with Crippen LogP contribution in [-0.2, 0) is 22.4 Å². The van der Waals surface area contributed by atoms with Gasteiger partial charge in [-0.25, -0.2) is 4.98 Å². The van der Waals surface area contributed by atoms with Gasteiger partial charge in [0.05, 0.1) is 7.11 Å². The van der Waals surface area contributed by atoms with Gasteiger partial charge in [0.15, 0.2) is 0 Å². The average molecular weight is 466 g/mol. The van der Waals surface area contributed by atoms with Crippen LogP contribution in [0.15, 0.2) is 36.4 Å². The lowest BCUT2D eigenvalue weighted by molar-refractivity contribution is -0.144. The number of methoxy groups -OCH3 is 1. The molecule has 1 saturated heterocycles. The molecule has 0 bridgehead atoms. The molecule has 1 aromatic heterocycles. The third-order valence-electron chi connectivity index (χ3n) is 7.08. The molecule has 7 nitrogen and oxygen atoms in total. The number of carboxylic acid groups (broad SMARTS) is 1. The summed E-state index contributed by atoms with van der Waals surface area (Å²) in [6.45, 7) is 2.18. The number of hydrogen-bond acceptors (Lipinski definition) is 6. The number of nitrogens with one attached hydrogen (secondary N) is 1. The van der Waals surface area contributed by atoms with Gasteiger partial charge in [-0.2, -0.15) is 0 Å². The first-order chi connectivity index (χ1) is 16.6. The number of ketones is 1. The zero-order valence-electron chi connectivity index (χ0n) is 20.0. The number of benzene rings is 1. The van der Waals surface area contributed by atoms with Crippen molar-refractivity contribution in [2.75, 3.05) is 32.1 Å². The van der Waals surface area contributed by atoms with Crippen molar-refractivity contribution >= 4 is 17.6 Å². The Balaban J connectivity index is 1.23. The summed E-state index contributed by atoms with van der Waals surface area (Å²) < 4.78 is 5.39. The number of aryl methyl sites for hydroxylation is 2. The number of nitrogens with zero attached hydrogens (tertiary/aromatic N) is 2. The summed E-state index contributed by atoms with van der Waals surface area (Å²) in [5.41, 5.74) is 3.05. The van der Waals surface area contributed by atoms with Crippen LogP contribution in [0, 0.1) is 5.92 Å².